The maximum atomic E-state index is 12.3. The van der Waals surface area contributed by atoms with Crippen molar-refractivity contribution in [3.8, 4) is 5.75 Å². The van der Waals surface area contributed by atoms with Crippen molar-refractivity contribution in [2.24, 2.45) is 17.6 Å². The Morgan fingerprint density at radius 1 is 1.17 bits per heavy atom. The fourth-order valence-corrected chi connectivity index (χ4v) is 3.47. The van der Waals surface area contributed by atoms with E-state index in [0.717, 1.165) is 69.8 Å². The molecule has 1 heterocycles. The number of nitrogens with one attached hydrogen (secondary N) is 1. The quantitative estimate of drug-likeness (QED) is 0.869. The van der Waals surface area contributed by atoms with Crippen molar-refractivity contribution in [3.05, 3.63) is 24.3 Å². The Morgan fingerprint density at radius 3 is 2.62 bits per heavy atom. The van der Waals surface area contributed by atoms with Gasteiger partial charge in [0.2, 0.25) is 5.91 Å². The van der Waals surface area contributed by atoms with Crippen molar-refractivity contribution in [2.75, 3.05) is 25.1 Å². The van der Waals surface area contributed by atoms with Crippen molar-refractivity contribution >= 4 is 11.6 Å². The highest BCUT2D eigenvalue weighted by atomic mass is 16.5. The van der Waals surface area contributed by atoms with Crippen LogP contribution < -0.4 is 15.8 Å². The van der Waals surface area contributed by atoms with Gasteiger partial charge in [0.05, 0.1) is 6.61 Å². The minimum atomic E-state index is 0.0400. The Bertz CT molecular complexity index is 526. The zero-order valence-electron chi connectivity index (χ0n) is 14.2. The van der Waals surface area contributed by atoms with E-state index in [-0.39, 0.29) is 17.9 Å². The van der Waals surface area contributed by atoms with E-state index in [2.05, 4.69) is 5.32 Å². The van der Waals surface area contributed by atoms with Crippen LogP contribution in [-0.4, -0.2) is 31.8 Å². The molecule has 1 aliphatic heterocycles. The van der Waals surface area contributed by atoms with E-state index in [9.17, 15) is 4.79 Å². The van der Waals surface area contributed by atoms with Crippen LogP contribution in [0.4, 0.5) is 5.69 Å². The fraction of sp³-hybridized carbons (Fsp3) is 0.632. The molecule has 5 nitrogen and oxygen atoms in total. The Balaban J connectivity index is 1.46. The van der Waals surface area contributed by atoms with Crippen LogP contribution in [0.3, 0.4) is 0 Å². The van der Waals surface area contributed by atoms with Gasteiger partial charge >= 0.3 is 0 Å². The fourth-order valence-electron chi connectivity index (χ4n) is 3.47. The summed E-state index contributed by atoms with van der Waals surface area (Å²) in [5, 5.41) is 3.00. The minimum absolute atomic E-state index is 0.0400. The van der Waals surface area contributed by atoms with Gasteiger partial charge in [0.25, 0.3) is 0 Å². The molecule has 5 heteroatoms. The summed E-state index contributed by atoms with van der Waals surface area (Å²) in [5.41, 5.74) is 6.78. The number of anilines is 1. The third-order valence-electron chi connectivity index (χ3n) is 5.03. The molecule has 24 heavy (non-hydrogen) atoms. The molecular weight excluding hydrogens is 304 g/mol. The van der Waals surface area contributed by atoms with Crippen molar-refractivity contribution in [2.45, 2.75) is 44.6 Å². The molecule has 0 aromatic heterocycles. The molecule has 0 radical (unpaired) electrons. The molecule has 0 spiro atoms. The molecule has 3 rings (SSSR count). The lowest BCUT2D eigenvalue weighted by atomic mass is 9.85. The first kappa shape index (κ1) is 17.2. The largest absolute Gasteiger partial charge is 0.493 e. The van der Waals surface area contributed by atoms with Gasteiger partial charge in [-0.2, -0.15) is 0 Å². The molecule has 132 valence electrons. The number of hydrogen-bond donors (Lipinski definition) is 2. The number of hydrogen-bond acceptors (Lipinski definition) is 4. The van der Waals surface area contributed by atoms with E-state index in [1.54, 1.807) is 0 Å². The molecule has 2 unspecified atom stereocenters. The monoisotopic (exact) mass is 332 g/mol. The summed E-state index contributed by atoms with van der Waals surface area (Å²) in [5.74, 6) is 1.55. The van der Waals surface area contributed by atoms with Crippen molar-refractivity contribution in [1.82, 2.24) is 0 Å². The second kappa shape index (κ2) is 8.49. The number of benzene rings is 1. The Labute approximate surface area is 143 Å². The number of carbonyl (C=O) groups excluding carboxylic acids is 1. The van der Waals surface area contributed by atoms with Crippen LogP contribution in [-0.2, 0) is 9.53 Å². The van der Waals surface area contributed by atoms with Gasteiger partial charge in [0.15, 0.2) is 0 Å². The zero-order chi connectivity index (χ0) is 16.8. The summed E-state index contributed by atoms with van der Waals surface area (Å²) in [4.78, 5) is 12.3. The van der Waals surface area contributed by atoms with Crippen LogP contribution >= 0.6 is 0 Å². The lowest BCUT2D eigenvalue weighted by Gasteiger charge is -2.25. The molecule has 1 saturated heterocycles. The molecular formula is C19H28N2O3. The van der Waals surface area contributed by atoms with Gasteiger partial charge in [-0.3, -0.25) is 4.79 Å². The maximum absolute atomic E-state index is 12.3. The van der Waals surface area contributed by atoms with E-state index in [4.69, 9.17) is 15.2 Å². The number of ether oxygens (including phenoxy) is 2. The molecule has 1 aromatic rings. The number of amides is 1. The van der Waals surface area contributed by atoms with Gasteiger partial charge in [0, 0.05) is 30.9 Å². The summed E-state index contributed by atoms with van der Waals surface area (Å²) >= 11 is 0. The van der Waals surface area contributed by atoms with E-state index >= 15 is 0 Å². The van der Waals surface area contributed by atoms with Gasteiger partial charge in [-0.05, 0) is 62.3 Å². The van der Waals surface area contributed by atoms with Gasteiger partial charge in [-0.25, -0.2) is 0 Å². The average Bonchev–Trinajstić information content (AvgIpc) is 2.62. The average molecular weight is 332 g/mol. The first-order valence-corrected chi connectivity index (χ1v) is 9.08. The molecule has 2 fully saturated rings. The van der Waals surface area contributed by atoms with Gasteiger partial charge in [0.1, 0.15) is 5.75 Å². The number of nitrogens with two attached hydrogens (primary N) is 1. The molecule has 3 N–H and O–H groups in total. The zero-order valence-corrected chi connectivity index (χ0v) is 14.2. The summed E-state index contributed by atoms with van der Waals surface area (Å²) in [7, 11) is 0. The maximum Gasteiger partial charge on any atom is 0.227 e. The van der Waals surface area contributed by atoms with Gasteiger partial charge in [-0.1, -0.05) is 6.42 Å². The predicted octanol–water partition coefficient (Wildman–Crippen LogP) is 2.95. The SMILES string of the molecule is NC1CCCC(C(=O)Nc2ccc(OCC3CCOCC3)cc2)C1. The van der Waals surface area contributed by atoms with Crippen LogP contribution in [0.25, 0.3) is 0 Å². The van der Waals surface area contributed by atoms with Crippen molar-refractivity contribution in [3.63, 3.8) is 0 Å². The number of rotatable bonds is 5. The third-order valence-corrected chi connectivity index (χ3v) is 5.03. The Kier molecular flexibility index (Phi) is 6.10. The van der Waals surface area contributed by atoms with Gasteiger partial charge in [-0.15, -0.1) is 0 Å². The van der Waals surface area contributed by atoms with E-state index in [0.29, 0.717) is 5.92 Å². The molecule has 1 aliphatic carbocycles. The van der Waals surface area contributed by atoms with Crippen LogP contribution in [0.15, 0.2) is 24.3 Å². The molecule has 1 amide bonds. The van der Waals surface area contributed by atoms with Crippen LogP contribution in [0.1, 0.15) is 38.5 Å². The highest BCUT2D eigenvalue weighted by Gasteiger charge is 2.25. The van der Waals surface area contributed by atoms with Crippen molar-refractivity contribution < 1.29 is 14.3 Å². The predicted molar refractivity (Wildman–Crippen MR) is 94.0 cm³/mol. The van der Waals surface area contributed by atoms with Crippen LogP contribution in [0.5, 0.6) is 5.75 Å². The number of carbonyl (C=O) groups is 1. The summed E-state index contributed by atoms with van der Waals surface area (Å²) in [6.45, 7) is 2.41. The van der Waals surface area contributed by atoms with Crippen LogP contribution in [0, 0.1) is 11.8 Å². The first-order valence-electron chi connectivity index (χ1n) is 9.08. The smallest absolute Gasteiger partial charge is 0.227 e. The van der Waals surface area contributed by atoms with Gasteiger partial charge < -0.3 is 20.5 Å². The molecule has 1 aromatic carbocycles. The van der Waals surface area contributed by atoms with E-state index in [1.807, 2.05) is 24.3 Å². The second-order valence-electron chi connectivity index (χ2n) is 7.00. The minimum Gasteiger partial charge on any atom is -0.493 e. The van der Waals surface area contributed by atoms with E-state index in [1.165, 1.54) is 0 Å². The third kappa shape index (κ3) is 4.95. The van der Waals surface area contributed by atoms with E-state index < -0.39 is 0 Å². The lowest BCUT2D eigenvalue weighted by molar-refractivity contribution is -0.120. The lowest BCUT2D eigenvalue weighted by Crippen LogP contribution is -2.34. The Morgan fingerprint density at radius 2 is 1.92 bits per heavy atom. The molecule has 0 bridgehead atoms. The summed E-state index contributed by atoms with van der Waals surface area (Å²) < 4.78 is 11.2. The topological polar surface area (TPSA) is 73.6 Å². The van der Waals surface area contributed by atoms with Crippen LogP contribution in [0.2, 0.25) is 0 Å². The highest BCUT2D eigenvalue weighted by Crippen LogP contribution is 2.25. The molecule has 2 atom stereocenters. The standard InChI is InChI=1S/C19H28N2O3/c20-16-3-1-2-15(12-16)19(22)21-17-4-6-18(7-5-17)24-13-14-8-10-23-11-9-14/h4-7,14-16H,1-3,8-13,20H2,(H,21,22). The molecule has 2 aliphatic rings. The first-order chi connectivity index (χ1) is 11.7. The molecule has 1 saturated carbocycles. The normalized spacial score (nSPS) is 25.2. The summed E-state index contributed by atoms with van der Waals surface area (Å²) in [6, 6.07) is 7.80. The summed E-state index contributed by atoms with van der Waals surface area (Å²) in [6.07, 6.45) is 5.93. The highest BCUT2D eigenvalue weighted by molar-refractivity contribution is 5.92. The van der Waals surface area contributed by atoms with Crippen molar-refractivity contribution in [1.29, 1.82) is 0 Å². The second-order valence-corrected chi connectivity index (χ2v) is 7.00. The Hall–Kier alpha value is -1.59.